The molecule has 0 amide bonds. The van der Waals surface area contributed by atoms with Crippen LogP contribution in [0.2, 0.25) is 0 Å². The number of aryl methyl sites for hydroxylation is 3. The molecule has 0 unspecified atom stereocenters. The highest BCUT2D eigenvalue weighted by Gasteiger charge is 2.29. The third-order valence-electron chi connectivity index (χ3n) is 18.6. The molecule has 9 aromatic carbocycles. The number of carbonyl (C=O) groups is 4. The molecule has 0 saturated heterocycles. The number of aliphatic imine (C=N–C) groups is 1. The Kier molecular flexibility index (Phi) is 23.4. The van der Waals surface area contributed by atoms with Crippen molar-refractivity contribution >= 4 is 68.4 Å². The van der Waals surface area contributed by atoms with Gasteiger partial charge in [-0.2, -0.15) is 0 Å². The van der Waals surface area contributed by atoms with Crippen LogP contribution in [-0.2, 0) is 38.9 Å². The Balaban J connectivity index is 0.000000155. The van der Waals surface area contributed by atoms with E-state index < -0.39 is 34.9 Å². The molecular weight excluding hydrogens is 1310 g/mol. The number of rotatable bonds is 24. The largest absolute Gasteiger partial charge is 0.411 e. The summed E-state index contributed by atoms with van der Waals surface area (Å²) in [5.41, 5.74) is 14.9. The van der Waals surface area contributed by atoms with Gasteiger partial charge in [0.25, 0.3) is 0 Å². The van der Waals surface area contributed by atoms with Crippen LogP contribution in [-0.4, -0.2) is 67.7 Å². The summed E-state index contributed by atoms with van der Waals surface area (Å²) in [5, 5.41) is 18.0. The van der Waals surface area contributed by atoms with Crippen LogP contribution < -0.4 is 5.32 Å². The van der Waals surface area contributed by atoms with Crippen molar-refractivity contribution in [2.24, 2.45) is 10.1 Å². The minimum Gasteiger partial charge on any atom is -0.411 e. The van der Waals surface area contributed by atoms with Gasteiger partial charge in [0.15, 0.2) is 52.3 Å². The lowest BCUT2D eigenvalue weighted by Gasteiger charge is -2.15. The molecular formula is C86H80F6N6O5. The van der Waals surface area contributed by atoms with Crippen LogP contribution in [0, 0.1) is 34.9 Å². The summed E-state index contributed by atoms with van der Waals surface area (Å²) in [5.74, 6) is -4.39. The van der Waals surface area contributed by atoms with E-state index in [0.717, 1.165) is 133 Å². The third-order valence-corrected chi connectivity index (χ3v) is 18.6. The average Bonchev–Trinajstić information content (AvgIpc) is 1.61. The fourth-order valence-electron chi connectivity index (χ4n) is 13.8. The molecule has 3 aromatic heterocycles. The van der Waals surface area contributed by atoms with E-state index >= 15 is 0 Å². The highest BCUT2D eigenvalue weighted by molar-refractivity contribution is 6.13. The Morgan fingerprint density at radius 1 is 0.437 bits per heavy atom. The Morgan fingerprint density at radius 2 is 0.786 bits per heavy atom. The summed E-state index contributed by atoms with van der Waals surface area (Å²) in [6.45, 7) is 15.8. The molecule has 103 heavy (non-hydrogen) atoms. The summed E-state index contributed by atoms with van der Waals surface area (Å²) in [4.78, 5) is 56.7. The number of nitrogens with one attached hydrogen (secondary N) is 1. The highest BCUT2D eigenvalue weighted by atomic mass is 19.2. The monoisotopic (exact) mass is 1390 g/mol. The van der Waals surface area contributed by atoms with Crippen molar-refractivity contribution in [2.75, 3.05) is 13.1 Å². The first-order valence-electron chi connectivity index (χ1n) is 34.6. The van der Waals surface area contributed by atoms with Gasteiger partial charge in [-0.3, -0.25) is 24.2 Å². The number of nitrogens with zero attached hydrogens (tertiary/aromatic N) is 5. The second-order valence-electron chi connectivity index (χ2n) is 26.8. The standard InChI is InChI=1S/C30H29F2N3O.C28H26F2N2O2.C28H25F2NO2/c1-19(2)29-28(27(36)13-9-20-8-12-24(31)25(32)16-20)23-11-10-22(30-33-14-15-34-30)17-26(23)35(29)18-21-6-4-3-5-7-21;1-18(2)28-27(26(33)13-10-19-9-12-23(29)24(30)14-19)22-11-8-21(16-31-34)15-25(22)32(28)17-20-6-4-3-5-7-20;1-18(2)28-27(26(33)13-10-19-9-12-23(29)24(30)14-19)22-11-8-21(17-32)15-25(22)31(28)16-20-6-4-3-5-7-20/h3-8,10-12,16-17,19H,9,13-15,18H2,1-2H3,(H,33,34);3-9,11-12,14-16,18,34H,10,13,17H2,1-2H3;3-9,11-12,14-15,17-18H,10,13,16H2,1-2H3/b;31-16+;. The lowest BCUT2D eigenvalue weighted by Crippen LogP contribution is -2.19. The Morgan fingerprint density at radius 3 is 1.12 bits per heavy atom. The van der Waals surface area contributed by atoms with Crippen LogP contribution in [0.5, 0.6) is 0 Å². The second-order valence-corrected chi connectivity index (χ2v) is 26.8. The normalized spacial score (nSPS) is 12.1. The van der Waals surface area contributed by atoms with Crippen molar-refractivity contribution in [3.63, 3.8) is 0 Å². The Bertz CT molecular complexity index is 5150. The molecule has 1 aliphatic heterocycles. The fraction of sp³-hybridized carbons (Fsp3) is 0.233. The Labute approximate surface area is 594 Å². The predicted octanol–water partition coefficient (Wildman–Crippen LogP) is 19.7. The predicted molar refractivity (Wildman–Crippen MR) is 396 cm³/mol. The van der Waals surface area contributed by atoms with Gasteiger partial charge in [-0.15, -0.1) is 0 Å². The molecule has 0 atom stereocenters. The van der Waals surface area contributed by atoms with E-state index in [-0.39, 0.29) is 54.4 Å². The number of hydrogen-bond donors (Lipinski definition) is 2. The van der Waals surface area contributed by atoms with Gasteiger partial charge < -0.3 is 24.2 Å². The molecule has 13 rings (SSSR count). The average molecular weight is 1390 g/mol. The number of amidine groups is 1. The van der Waals surface area contributed by atoms with Crippen LogP contribution in [0.4, 0.5) is 26.3 Å². The maximum Gasteiger partial charge on any atom is 0.165 e. The highest BCUT2D eigenvalue weighted by Crippen LogP contribution is 2.38. The van der Waals surface area contributed by atoms with E-state index in [0.29, 0.717) is 77.8 Å². The lowest BCUT2D eigenvalue weighted by atomic mass is 9.96. The van der Waals surface area contributed by atoms with Gasteiger partial charge in [0, 0.05) is 112 Å². The molecule has 0 bridgehead atoms. The molecule has 0 saturated carbocycles. The molecule has 0 radical (unpaired) electrons. The number of halogens is 6. The molecule has 12 aromatic rings. The minimum absolute atomic E-state index is 0.00401. The van der Waals surface area contributed by atoms with E-state index in [1.807, 2.05) is 135 Å². The number of hydrogen-bond acceptors (Lipinski definition) is 8. The number of Topliss-reactive ketones (excluding diaryl/α,β-unsaturated/α-hetero) is 3. The molecule has 0 fully saturated rings. The summed E-state index contributed by atoms with van der Waals surface area (Å²) >= 11 is 0. The summed E-state index contributed by atoms with van der Waals surface area (Å²) in [6.07, 6.45) is 3.69. The van der Waals surface area contributed by atoms with Gasteiger partial charge in [0.2, 0.25) is 0 Å². The zero-order chi connectivity index (χ0) is 73.0. The number of aromatic nitrogens is 3. The zero-order valence-corrected chi connectivity index (χ0v) is 58.3. The maximum atomic E-state index is 13.7. The van der Waals surface area contributed by atoms with E-state index in [1.165, 1.54) is 30.5 Å². The number of carbonyl (C=O) groups excluding carboxylic acids is 4. The van der Waals surface area contributed by atoms with Crippen LogP contribution in [0.15, 0.2) is 210 Å². The summed E-state index contributed by atoms with van der Waals surface area (Å²) < 4.78 is 87.3. The molecule has 4 heterocycles. The zero-order valence-electron chi connectivity index (χ0n) is 58.3. The second kappa shape index (κ2) is 33.1. The molecule has 1 aliphatic rings. The lowest BCUT2D eigenvalue weighted by molar-refractivity contribution is 0.0975. The SMILES string of the molecule is CC(C)c1c(C(=O)CCc2ccc(F)c(F)c2)c2ccc(/C=N/O)cc2n1Cc1ccccc1.CC(C)c1c(C(=O)CCc2ccc(F)c(F)c2)c2ccc(C3=NCCN3)cc2n1Cc1ccccc1.CC(C)c1c(C(=O)CCc2ccc(F)c(F)c2)c2ccc(C=O)cc2n1Cc1ccccc1. The van der Waals surface area contributed by atoms with Crippen LogP contribution in [0.3, 0.4) is 0 Å². The summed E-state index contributed by atoms with van der Waals surface area (Å²) in [6, 6.07) is 58.6. The van der Waals surface area contributed by atoms with Gasteiger partial charge >= 0.3 is 0 Å². The summed E-state index contributed by atoms with van der Waals surface area (Å²) in [7, 11) is 0. The van der Waals surface area contributed by atoms with Gasteiger partial charge in [-0.25, -0.2) is 26.3 Å². The fourth-order valence-corrected chi connectivity index (χ4v) is 13.8. The first kappa shape index (κ1) is 73.0. The van der Waals surface area contributed by atoms with E-state index in [4.69, 9.17) is 5.21 Å². The minimum atomic E-state index is -0.913. The quantitative estimate of drug-likeness (QED) is 0.0154. The maximum absolute atomic E-state index is 13.7. The van der Waals surface area contributed by atoms with Crippen LogP contribution in [0.25, 0.3) is 32.7 Å². The van der Waals surface area contributed by atoms with Gasteiger partial charge in [-0.05, 0) is 131 Å². The molecule has 526 valence electrons. The van der Waals surface area contributed by atoms with Crippen molar-refractivity contribution in [3.05, 3.63) is 319 Å². The van der Waals surface area contributed by atoms with Crippen molar-refractivity contribution in [1.82, 2.24) is 19.0 Å². The van der Waals surface area contributed by atoms with Crippen molar-refractivity contribution < 1.29 is 50.7 Å². The first-order chi connectivity index (χ1) is 49.7. The van der Waals surface area contributed by atoms with E-state index in [2.05, 4.69) is 75.1 Å². The van der Waals surface area contributed by atoms with Crippen molar-refractivity contribution in [1.29, 1.82) is 0 Å². The molecule has 11 nitrogen and oxygen atoms in total. The number of ketones is 3. The van der Waals surface area contributed by atoms with Gasteiger partial charge in [0.05, 0.1) is 23.8 Å². The van der Waals surface area contributed by atoms with Crippen LogP contribution >= 0.6 is 0 Å². The number of oxime groups is 1. The van der Waals surface area contributed by atoms with Gasteiger partial charge in [-0.1, -0.05) is 192 Å². The first-order valence-corrected chi connectivity index (χ1v) is 34.6. The Hall–Kier alpha value is -11.2. The van der Waals surface area contributed by atoms with Crippen molar-refractivity contribution in [3.8, 4) is 0 Å². The smallest absolute Gasteiger partial charge is 0.165 e. The van der Waals surface area contributed by atoms with Crippen LogP contribution in [0.1, 0.15) is 182 Å². The van der Waals surface area contributed by atoms with E-state index in [1.54, 1.807) is 6.07 Å². The van der Waals surface area contributed by atoms with Gasteiger partial charge in [0.1, 0.15) is 12.1 Å². The van der Waals surface area contributed by atoms with E-state index in [9.17, 15) is 45.5 Å². The number of fused-ring (bicyclic) bond motifs is 3. The number of aldehydes is 1. The molecule has 17 heteroatoms. The third kappa shape index (κ3) is 16.9. The topological polar surface area (TPSA) is 140 Å². The number of benzene rings is 9. The van der Waals surface area contributed by atoms with Crippen molar-refractivity contribution in [2.45, 2.75) is 117 Å². The molecule has 0 aliphatic carbocycles. The molecule has 0 spiro atoms. The molecule has 2 N–H and O–H groups in total.